The van der Waals surface area contributed by atoms with Crippen molar-refractivity contribution in [3.05, 3.63) is 50.1 Å². The van der Waals surface area contributed by atoms with Gasteiger partial charge in [0.15, 0.2) is 5.82 Å². The highest BCUT2D eigenvalue weighted by molar-refractivity contribution is 6.41. The minimum absolute atomic E-state index is 0.251. The summed E-state index contributed by atoms with van der Waals surface area (Å²) < 4.78 is 0. The molecular weight excluding hydrogens is 279 g/mol. The fourth-order valence-electron chi connectivity index (χ4n) is 1.71. The lowest BCUT2D eigenvalue weighted by Crippen LogP contribution is -2.20. The van der Waals surface area contributed by atoms with Crippen LogP contribution >= 0.6 is 23.2 Å². The van der Waals surface area contributed by atoms with Crippen LogP contribution in [0.15, 0.2) is 24.3 Å². The van der Waals surface area contributed by atoms with Gasteiger partial charge in [0.05, 0.1) is 9.95 Å². The number of pyridine rings is 1. The van der Waals surface area contributed by atoms with Gasteiger partial charge in [-0.1, -0.05) is 23.2 Å². The van der Waals surface area contributed by atoms with Gasteiger partial charge in [0, 0.05) is 25.8 Å². The lowest BCUT2D eigenvalue weighted by atomic mass is 10.2. The van der Waals surface area contributed by atoms with Crippen molar-refractivity contribution in [2.45, 2.75) is 6.54 Å². The van der Waals surface area contributed by atoms with E-state index in [4.69, 9.17) is 23.2 Å². The lowest BCUT2D eigenvalue weighted by molar-refractivity contribution is -0.404. The molecule has 0 atom stereocenters. The molecule has 1 saturated heterocycles. The molecular formula is C10H10Cl2N4O2. The molecule has 8 heteroatoms. The molecule has 0 aromatic carbocycles. The molecule has 0 unspecified atom stereocenters. The molecule has 2 heterocycles. The average molecular weight is 289 g/mol. The predicted molar refractivity (Wildman–Crippen MR) is 67.7 cm³/mol. The molecule has 2 rings (SSSR count). The Balaban J connectivity index is 2.13. The SMILES string of the molecule is O=[N+]([O-])C=C1NCCN1Cc1cnc(Cl)c(Cl)c1. The predicted octanol–water partition coefficient (Wildman–Crippen LogP) is 1.87. The van der Waals surface area contributed by atoms with Gasteiger partial charge in [-0.3, -0.25) is 10.1 Å². The van der Waals surface area contributed by atoms with Gasteiger partial charge in [0.2, 0.25) is 0 Å². The van der Waals surface area contributed by atoms with Crippen LogP contribution in [0.3, 0.4) is 0 Å². The Morgan fingerprint density at radius 1 is 1.61 bits per heavy atom. The van der Waals surface area contributed by atoms with Gasteiger partial charge in [-0.15, -0.1) is 0 Å². The number of aromatic nitrogens is 1. The van der Waals surface area contributed by atoms with Crippen LogP contribution in [0, 0.1) is 10.1 Å². The van der Waals surface area contributed by atoms with Crippen LogP contribution in [0.1, 0.15) is 5.56 Å². The average Bonchev–Trinajstić information content (AvgIpc) is 2.70. The highest BCUT2D eigenvalue weighted by atomic mass is 35.5. The maximum absolute atomic E-state index is 10.5. The van der Waals surface area contributed by atoms with Gasteiger partial charge in [-0.2, -0.15) is 0 Å². The molecule has 0 saturated carbocycles. The summed E-state index contributed by atoms with van der Waals surface area (Å²) >= 11 is 11.6. The van der Waals surface area contributed by atoms with Crippen LogP contribution in [0.2, 0.25) is 10.2 Å². The van der Waals surface area contributed by atoms with E-state index in [0.717, 1.165) is 11.8 Å². The summed E-state index contributed by atoms with van der Waals surface area (Å²) in [7, 11) is 0. The largest absolute Gasteiger partial charge is 0.365 e. The summed E-state index contributed by atoms with van der Waals surface area (Å²) in [6, 6.07) is 1.71. The minimum Gasteiger partial charge on any atom is -0.365 e. The molecule has 1 aliphatic rings. The first-order valence-corrected chi connectivity index (χ1v) is 5.96. The molecule has 96 valence electrons. The van der Waals surface area contributed by atoms with Crippen LogP contribution in [-0.2, 0) is 6.54 Å². The van der Waals surface area contributed by atoms with Crippen LogP contribution < -0.4 is 5.32 Å². The second-order valence-electron chi connectivity index (χ2n) is 3.76. The van der Waals surface area contributed by atoms with E-state index in [-0.39, 0.29) is 5.15 Å². The Morgan fingerprint density at radius 2 is 2.39 bits per heavy atom. The van der Waals surface area contributed by atoms with Crippen molar-refractivity contribution in [2.75, 3.05) is 13.1 Å². The first-order valence-electron chi connectivity index (χ1n) is 5.20. The van der Waals surface area contributed by atoms with Crippen molar-refractivity contribution in [3.8, 4) is 0 Å². The Bertz CT molecular complexity index is 507. The number of rotatable bonds is 3. The number of halogens is 2. The second-order valence-corrected chi connectivity index (χ2v) is 4.53. The maximum Gasteiger partial charge on any atom is 0.274 e. The van der Waals surface area contributed by atoms with E-state index in [9.17, 15) is 10.1 Å². The second kappa shape index (κ2) is 5.41. The van der Waals surface area contributed by atoms with Gasteiger partial charge < -0.3 is 10.2 Å². The maximum atomic E-state index is 10.5. The Labute approximate surface area is 113 Å². The van der Waals surface area contributed by atoms with Gasteiger partial charge in [-0.25, -0.2) is 4.98 Å². The smallest absolute Gasteiger partial charge is 0.274 e. The quantitative estimate of drug-likeness (QED) is 0.522. The summed E-state index contributed by atoms with van der Waals surface area (Å²) in [6.07, 6.45) is 2.56. The summed E-state index contributed by atoms with van der Waals surface area (Å²) in [5, 5.41) is 14.0. The van der Waals surface area contributed by atoms with Crippen molar-refractivity contribution in [2.24, 2.45) is 0 Å². The van der Waals surface area contributed by atoms with E-state index in [1.807, 2.05) is 4.90 Å². The Kier molecular flexibility index (Phi) is 3.88. The molecule has 1 N–H and O–H groups in total. The van der Waals surface area contributed by atoms with Gasteiger partial charge >= 0.3 is 0 Å². The molecule has 1 aromatic rings. The first kappa shape index (κ1) is 12.9. The normalized spacial score (nSPS) is 17.0. The summed E-state index contributed by atoms with van der Waals surface area (Å²) in [5.74, 6) is 0.492. The fraction of sp³-hybridized carbons (Fsp3) is 0.300. The van der Waals surface area contributed by atoms with Crippen molar-refractivity contribution in [1.29, 1.82) is 0 Å². The molecule has 0 radical (unpaired) electrons. The van der Waals surface area contributed by atoms with E-state index >= 15 is 0 Å². The summed E-state index contributed by atoms with van der Waals surface area (Å²) in [5.41, 5.74) is 0.849. The Hall–Kier alpha value is -1.53. The van der Waals surface area contributed by atoms with E-state index in [1.54, 1.807) is 12.3 Å². The zero-order valence-electron chi connectivity index (χ0n) is 9.27. The topological polar surface area (TPSA) is 71.3 Å². The van der Waals surface area contributed by atoms with Gasteiger partial charge in [0.1, 0.15) is 5.15 Å². The zero-order chi connectivity index (χ0) is 13.1. The van der Waals surface area contributed by atoms with Crippen LogP contribution in [0.4, 0.5) is 0 Å². The standard InChI is InChI=1S/C10H10Cl2N4O2/c11-8-3-7(4-14-10(8)12)5-15-2-1-13-9(15)6-16(17)18/h3-4,6,13H,1-2,5H2. The number of hydrogen-bond acceptors (Lipinski definition) is 5. The van der Waals surface area contributed by atoms with Crippen LogP contribution in [0.25, 0.3) is 0 Å². The van der Waals surface area contributed by atoms with E-state index in [2.05, 4.69) is 10.3 Å². The number of hydrogen-bond donors (Lipinski definition) is 1. The molecule has 0 amide bonds. The van der Waals surface area contributed by atoms with Gasteiger partial charge in [0.25, 0.3) is 6.20 Å². The third-order valence-corrected chi connectivity index (χ3v) is 3.17. The summed E-state index contributed by atoms with van der Waals surface area (Å²) in [4.78, 5) is 15.8. The summed E-state index contributed by atoms with van der Waals surface area (Å²) in [6.45, 7) is 1.87. The van der Waals surface area contributed by atoms with E-state index in [1.165, 1.54) is 0 Å². The molecule has 1 fully saturated rings. The van der Waals surface area contributed by atoms with Gasteiger partial charge in [-0.05, 0) is 11.6 Å². The number of nitrogens with one attached hydrogen (secondary N) is 1. The van der Waals surface area contributed by atoms with E-state index in [0.29, 0.717) is 30.5 Å². The minimum atomic E-state index is -0.478. The third-order valence-electron chi connectivity index (χ3n) is 2.48. The molecule has 0 spiro atoms. The highest BCUT2D eigenvalue weighted by Crippen LogP contribution is 2.21. The van der Waals surface area contributed by atoms with Crippen molar-refractivity contribution >= 4 is 23.2 Å². The lowest BCUT2D eigenvalue weighted by Gasteiger charge is -2.17. The monoisotopic (exact) mass is 288 g/mol. The van der Waals surface area contributed by atoms with Crippen molar-refractivity contribution < 1.29 is 4.92 Å². The molecule has 1 aliphatic heterocycles. The molecule has 18 heavy (non-hydrogen) atoms. The molecule has 6 nitrogen and oxygen atoms in total. The fourth-order valence-corrected chi connectivity index (χ4v) is 2.00. The van der Waals surface area contributed by atoms with E-state index < -0.39 is 4.92 Å². The van der Waals surface area contributed by atoms with Crippen molar-refractivity contribution in [3.63, 3.8) is 0 Å². The number of nitrogens with zero attached hydrogens (tertiary/aromatic N) is 3. The zero-order valence-corrected chi connectivity index (χ0v) is 10.8. The first-order chi connectivity index (χ1) is 8.56. The number of nitro groups is 1. The van der Waals surface area contributed by atoms with Crippen LogP contribution in [0.5, 0.6) is 0 Å². The molecule has 0 bridgehead atoms. The highest BCUT2D eigenvalue weighted by Gasteiger charge is 2.19. The van der Waals surface area contributed by atoms with Crippen LogP contribution in [-0.4, -0.2) is 27.9 Å². The third kappa shape index (κ3) is 3.02. The molecule has 0 aliphatic carbocycles. The Morgan fingerprint density at radius 3 is 3.06 bits per heavy atom. The van der Waals surface area contributed by atoms with Crippen molar-refractivity contribution in [1.82, 2.24) is 15.2 Å². The molecule has 1 aromatic heterocycles.